The van der Waals surface area contributed by atoms with Gasteiger partial charge in [0.25, 0.3) is 0 Å². The van der Waals surface area contributed by atoms with Crippen molar-refractivity contribution < 1.29 is 29.0 Å². The van der Waals surface area contributed by atoms with Gasteiger partial charge in [0.05, 0.1) is 0 Å². The van der Waals surface area contributed by atoms with Gasteiger partial charge in [-0.1, -0.05) is 0 Å². The van der Waals surface area contributed by atoms with Gasteiger partial charge in [0.1, 0.15) is 0 Å². The van der Waals surface area contributed by atoms with Crippen molar-refractivity contribution in [1.82, 2.24) is 6.15 Å². The van der Waals surface area contributed by atoms with Crippen LogP contribution in [0.1, 0.15) is 0 Å². The standard InChI is InChI=1S/H3N.Na.H2O7S3.H/c;;1-8(2)6-10(5)7-9(3)4;/h1H3;;(H,1,2)(H,3,4);. The van der Waals surface area contributed by atoms with Crippen LogP contribution in [0, 0.1) is 0 Å². The Balaban J connectivity index is -0.000000405. The van der Waals surface area contributed by atoms with Crippen molar-refractivity contribution in [3.8, 4) is 0 Å². The van der Waals surface area contributed by atoms with Crippen LogP contribution in [0.25, 0.3) is 0 Å². The second kappa shape index (κ2) is 10.3. The Morgan fingerprint density at radius 2 is 1.17 bits per heavy atom. The zero-order chi connectivity index (χ0) is 8.15. The Bertz CT molecular complexity index is 161. The van der Waals surface area contributed by atoms with Crippen LogP contribution in [0.2, 0.25) is 0 Å². The molecule has 0 spiro atoms. The van der Waals surface area contributed by atoms with Crippen molar-refractivity contribution >= 4 is 63.6 Å². The number of hydrogen-bond donors (Lipinski definition) is 3. The molecule has 0 aromatic carbocycles. The zero-order valence-electron chi connectivity index (χ0n) is 4.87. The van der Waals surface area contributed by atoms with Crippen molar-refractivity contribution in [1.29, 1.82) is 0 Å². The van der Waals surface area contributed by atoms with E-state index in [9.17, 15) is 12.6 Å². The molecule has 0 aliphatic heterocycles. The van der Waals surface area contributed by atoms with Crippen LogP contribution in [0.15, 0.2) is 0 Å². The first kappa shape index (κ1) is 18.9. The SMILES string of the molecule is N.O=S(O)OS(=O)OS(=O)O.[NaH]. The third kappa shape index (κ3) is 13.8. The van der Waals surface area contributed by atoms with Crippen molar-refractivity contribution in [2.75, 3.05) is 0 Å². The molecule has 0 aromatic rings. The molecular formula is H6NNaO7S3. The molecule has 72 valence electrons. The summed E-state index contributed by atoms with van der Waals surface area (Å²) in [6.45, 7) is 0. The van der Waals surface area contributed by atoms with E-state index in [-0.39, 0.29) is 35.7 Å². The molecule has 5 N–H and O–H groups in total. The molecule has 0 rings (SSSR count). The Hall–Kier alpha value is 1.25. The van der Waals surface area contributed by atoms with E-state index in [4.69, 9.17) is 9.11 Å². The van der Waals surface area contributed by atoms with Gasteiger partial charge in [0.2, 0.25) is 0 Å². The maximum absolute atomic E-state index is 10.0. The van der Waals surface area contributed by atoms with Crippen molar-refractivity contribution in [2.24, 2.45) is 0 Å². The summed E-state index contributed by atoms with van der Waals surface area (Å²) in [5.41, 5.74) is 0. The van der Waals surface area contributed by atoms with Gasteiger partial charge in [0, 0.05) is 0 Å². The van der Waals surface area contributed by atoms with Gasteiger partial charge < -0.3 is 6.15 Å². The Labute approximate surface area is 98.1 Å². The molecule has 12 heteroatoms. The van der Waals surface area contributed by atoms with E-state index in [1.807, 2.05) is 0 Å². The van der Waals surface area contributed by atoms with Crippen molar-refractivity contribution in [3.05, 3.63) is 0 Å². The van der Waals surface area contributed by atoms with Gasteiger partial charge in [-0.15, -0.1) is 7.26 Å². The van der Waals surface area contributed by atoms with E-state index in [1.165, 1.54) is 0 Å². The minimum atomic E-state index is -2.78. The molecular weight excluding hydrogens is 245 g/mol. The van der Waals surface area contributed by atoms with Crippen LogP contribution in [-0.4, -0.2) is 51.3 Å². The van der Waals surface area contributed by atoms with E-state index in [0.717, 1.165) is 0 Å². The van der Waals surface area contributed by atoms with Gasteiger partial charge in [-0.05, 0) is 0 Å². The maximum atomic E-state index is 10.0. The first-order valence-electron chi connectivity index (χ1n) is 1.53. The van der Waals surface area contributed by atoms with E-state index < -0.39 is 34.1 Å². The Morgan fingerprint density at radius 1 is 0.917 bits per heavy atom. The zero-order valence-corrected chi connectivity index (χ0v) is 7.32. The molecule has 2 unspecified atom stereocenters. The average Bonchev–Trinajstić information content (AvgIpc) is 1.58. The summed E-state index contributed by atoms with van der Waals surface area (Å²) >= 11 is -8.25. The third-order valence-electron chi connectivity index (χ3n) is 0.228. The summed E-state index contributed by atoms with van der Waals surface area (Å²) in [6.07, 6.45) is 0. The Morgan fingerprint density at radius 3 is 1.33 bits per heavy atom. The molecule has 0 bridgehead atoms. The molecule has 0 heterocycles. The van der Waals surface area contributed by atoms with Crippen molar-refractivity contribution in [2.45, 2.75) is 0 Å². The molecule has 12 heavy (non-hydrogen) atoms. The first-order valence-corrected chi connectivity index (χ1v) is 4.60. The van der Waals surface area contributed by atoms with Crippen LogP contribution in [0.4, 0.5) is 0 Å². The summed E-state index contributed by atoms with van der Waals surface area (Å²) in [5, 5.41) is 0. The van der Waals surface area contributed by atoms with Crippen molar-refractivity contribution in [3.63, 3.8) is 0 Å². The molecule has 8 nitrogen and oxygen atoms in total. The number of hydrogen-bond acceptors (Lipinski definition) is 6. The fraction of sp³-hybridized carbons (Fsp3) is 0. The van der Waals surface area contributed by atoms with Crippen LogP contribution < -0.4 is 6.15 Å². The van der Waals surface area contributed by atoms with Gasteiger partial charge in [-0.3, -0.25) is 9.11 Å². The summed E-state index contributed by atoms with van der Waals surface area (Å²) < 4.78 is 51.9. The molecule has 0 aliphatic carbocycles. The monoisotopic (exact) mass is 251 g/mol. The second-order valence-electron chi connectivity index (χ2n) is 0.774. The van der Waals surface area contributed by atoms with Crippen LogP contribution >= 0.6 is 0 Å². The van der Waals surface area contributed by atoms with E-state index >= 15 is 0 Å². The molecule has 0 aromatic heterocycles. The molecule has 0 saturated heterocycles. The summed E-state index contributed by atoms with van der Waals surface area (Å²) in [5.74, 6) is 0. The van der Waals surface area contributed by atoms with Gasteiger partial charge in [-0.25, -0.2) is 0 Å². The molecule has 0 saturated carbocycles. The van der Waals surface area contributed by atoms with Gasteiger partial charge >= 0.3 is 63.6 Å². The fourth-order valence-electron chi connectivity index (χ4n) is 0.106. The molecule has 0 fully saturated rings. The predicted octanol–water partition coefficient (Wildman–Crippen LogP) is -1.61. The number of rotatable bonds is 4. The van der Waals surface area contributed by atoms with Gasteiger partial charge in [-0.2, -0.15) is 12.6 Å². The van der Waals surface area contributed by atoms with E-state index in [1.54, 1.807) is 0 Å². The molecule has 0 amide bonds. The Kier molecular flexibility index (Phi) is 16.3. The predicted molar refractivity (Wildman–Crippen MR) is 44.0 cm³/mol. The molecule has 0 radical (unpaired) electrons. The van der Waals surface area contributed by atoms with Crippen LogP contribution in [-0.2, 0) is 41.3 Å². The van der Waals surface area contributed by atoms with E-state index in [2.05, 4.69) is 7.26 Å². The summed E-state index contributed by atoms with van der Waals surface area (Å²) in [6, 6.07) is 0. The van der Waals surface area contributed by atoms with Crippen LogP contribution in [0.3, 0.4) is 0 Å². The minimum absolute atomic E-state index is 0. The summed E-state index contributed by atoms with van der Waals surface area (Å²) in [4.78, 5) is 0. The first-order chi connectivity index (χ1) is 4.52. The third-order valence-corrected chi connectivity index (χ3v) is 2.05. The average molecular weight is 251 g/mol. The van der Waals surface area contributed by atoms with Crippen LogP contribution in [0.5, 0.6) is 0 Å². The fourth-order valence-corrected chi connectivity index (χ4v) is 1.16. The topological polar surface area (TPSA) is 145 Å². The second-order valence-corrected chi connectivity index (χ2v) is 3.14. The normalized spacial score (nSPS) is 16.5. The summed E-state index contributed by atoms with van der Waals surface area (Å²) in [7, 11) is 0. The molecule has 2 atom stereocenters. The quantitative estimate of drug-likeness (QED) is 0.399. The van der Waals surface area contributed by atoms with E-state index in [0.29, 0.717) is 0 Å². The van der Waals surface area contributed by atoms with Gasteiger partial charge in [0.15, 0.2) is 0 Å². The molecule has 0 aliphatic rings.